The van der Waals surface area contributed by atoms with Gasteiger partial charge in [0.25, 0.3) is 0 Å². The van der Waals surface area contributed by atoms with Gasteiger partial charge in [0, 0.05) is 17.9 Å². The van der Waals surface area contributed by atoms with E-state index >= 15 is 0 Å². The Hall–Kier alpha value is -0.450. The summed E-state index contributed by atoms with van der Waals surface area (Å²) in [6, 6.07) is 0. The molecule has 1 fully saturated rings. The molecule has 1 aromatic heterocycles. The van der Waals surface area contributed by atoms with E-state index in [1.54, 1.807) is 11.3 Å². The summed E-state index contributed by atoms with van der Waals surface area (Å²) in [7, 11) is 0. The first-order valence-corrected chi connectivity index (χ1v) is 6.41. The summed E-state index contributed by atoms with van der Waals surface area (Å²) in [5.74, 6) is 0.857. The second-order valence-corrected chi connectivity index (χ2v) is 4.98. The predicted octanol–water partition coefficient (Wildman–Crippen LogP) is 1.62. The number of nitrogens with one attached hydrogen (secondary N) is 1. The Labute approximate surface area is 94.9 Å². The largest absolute Gasteiger partial charge is 0.381 e. The van der Waals surface area contributed by atoms with Crippen molar-refractivity contribution < 1.29 is 4.74 Å². The molecule has 0 aromatic carbocycles. The van der Waals surface area contributed by atoms with Crippen molar-refractivity contribution in [3.8, 4) is 0 Å². The van der Waals surface area contributed by atoms with E-state index in [1.165, 1.54) is 24.4 Å². The Morgan fingerprint density at radius 2 is 2.40 bits per heavy atom. The topological polar surface area (TPSA) is 34.1 Å². The molecule has 2 rings (SSSR count). The van der Waals surface area contributed by atoms with E-state index in [-0.39, 0.29) is 0 Å². The van der Waals surface area contributed by atoms with E-state index in [0.717, 1.165) is 31.2 Å². The lowest BCUT2D eigenvalue weighted by atomic mass is 10.0. The van der Waals surface area contributed by atoms with E-state index in [2.05, 4.69) is 17.2 Å². The van der Waals surface area contributed by atoms with Crippen LogP contribution in [0.2, 0.25) is 0 Å². The minimum absolute atomic E-state index is 0.836. The van der Waals surface area contributed by atoms with Crippen LogP contribution in [0, 0.1) is 12.8 Å². The molecule has 15 heavy (non-hydrogen) atoms. The van der Waals surface area contributed by atoms with Gasteiger partial charge in [0.2, 0.25) is 0 Å². The van der Waals surface area contributed by atoms with Gasteiger partial charge in [-0.1, -0.05) is 0 Å². The number of aromatic nitrogens is 1. The smallest absolute Gasteiger partial charge is 0.0797 e. The van der Waals surface area contributed by atoms with Gasteiger partial charge in [0.1, 0.15) is 0 Å². The summed E-state index contributed by atoms with van der Waals surface area (Å²) in [4.78, 5) is 5.58. The van der Waals surface area contributed by atoms with Gasteiger partial charge in [-0.2, -0.15) is 0 Å². The summed E-state index contributed by atoms with van der Waals surface area (Å²) >= 11 is 1.73. The highest BCUT2D eigenvalue weighted by atomic mass is 32.1. The zero-order valence-electron chi connectivity index (χ0n) is 9.16. The summed E-state index contributed by atoms with van der Waals surface area (Å²) in [6.07, 6.45) is 2.22. The summed E-state index contributed by atoms with van der Waals surface area (Å²) in [5.41, 5.74) is 3.07. The van der Waals surface area contributed by atoms with Crippen molar-refractivity contribution in [3.63, 3.8) is 0 Å². The van der Waals surface area contributed by atoms with Crippen LogP contribution in [-0.4, -0.2) is 31.3 Å². The highest BCUT2D eigenvalue weighted by Gasteiger charge is 2.15. The summed E-state index contributed by atoms with van der Waals surface area (Å²) in [5, 5.41) is 3.27. The number of nitrogens with zero attached hydrogens (tertiary/aromatic N) is 1. The maximum Gasteiger partial charge on any atom is 0.0797 e. The fraction of sp³-hybridized carbons (Fsp3) is 0.727. The van der Waals surface area contributed by atoms with Crippen LogP contribution in [-0.2, 0) is 11.2 Å². The molecule has 84 valence electrons. The van der Waals surface area contributed by atoms with Crippen LogP contribution < -0.4 is 5.32 Å². The fourth-order valence-electron chi connectivity index (χ4n) is 1.64. The molecule has 0 saturated carbocycles. The Morgan fingerprint density at radius 1 is 1.53 bits per heavy atom. The zero-order valence-corrected chi connectivity index (χ0v) is 9.98. The van der Waals surface area contributed by atoms with Crippen LogP contribution in [0.5, 0.6) is 0 Å². The maximum atomic E-state index is 5.62. The minimum atomic E-state index is 0.836. The molecule has 4 heteroatoms. The number of hydrogen-bond acceptors (Lipinski definition) is 4. The number of rotatable bonds is 6. The molecule has 0 amide bonds. The van der Waals surface area contributed by atoms with E-state index in [1.807, 2.05) is 5.51 Å². The van der Waals surface area contributed by atoms with Crippen LogP contribution in [0.1, 0.15) is 17.0 Å². The number of ether oxygens (including phenoxy) is 1. The molecular weight excluding hydrogens is 208 g/mol. The monoisotopic (exact) mass is 226 g/mol. The van der Waals surface area contributed by atoms with Gasteiger partial charge < -0.3 is 10.1 Å². The molecule has 0 bridgehead atoms. The predicted molar refractivity (Wildman–Crippen MR) is 62.4 cm³/mol. The lowest BCUT2D eigenvalue weighted by Gasteiger charge is -2.26. The highest BCUT2D eigenvalue weighted by molar-refractivity contribution is 7.09. The molecule has 3 nitrogen and oxygen atoms in total. The Kier molecular flexibility index (Phi) is 4.11. The van der Waals surface area contributed by atoms with Crippen molar-refractivity contribution >= 4 is 11.3 Å². The van der Waals surface area contributed by atoms with Gasteiger partial charge in [0.15, 0.2) is 0 Å². The van der Waals surface area contributed by atoms with Crippen LogP contribution in [0.25, 0.3) is 0 Å². The van der Waals surface area contributed by atoms with Gasteiger partial charge in [-0.25, -0.2) is 4.98 Å². The van der Waals surface area contributed by atoms with Crippen LogP contribution >= 0.6 is 11.3 Å². The van der Waals surface area contributed by atoms with Gasteiger partial charge in [-0.15, -0.1) is 11.3 Å². The summed E-state index contributed by atoms with van der Waals surface area (Å²) in [6.45, 7) is 6.16. The van der Waals surface area contributed by atoms with Crippen molar-refractivity contribution in [2.75, 3.05) is 26.3 Å². The number of thiazole rings is 1. The Bertz CT molecular complexity index is 297. The third-order valence-electron chi connectivity index (χ3n) is 2.85. The van der Waals surface area contributed by atoms with Crippen LogP contribution in [0.15, 0.2) is 5.51 Å². The molecule has 1 aliphatic rings. The zero-order chi connectivity index (χ0) is 10.5. The van der Waals surface area contributed by atoms with Crippen molar-refractivity contribution in [2.24, 2.45) is 5.92 Å². The lowest BCUT2D eigenvalue weighted by Crippen LogP contribution is -2.42. The standard InChI is InChI=1S/C11H18N2OS/c1-9-11(15-8-13-9)3-5-14-4-2-10-6-12-7-10/h8,10,12H,2-7H2,1H3. The Morgan fingerprint density at radius 3 is 3.00 bits per heavy atom. The van der Waals surface area contributed by atoms with E-state index in [9.17, 15) is 0 Å². The van der Waals surface area contributed by atoms with E-state index in [0.29, 0.717) is 0 Å². The molecule has 1 aromatic rings. The maximum absolute atomic E-state index is 5.62. The van der Waals surface area contributed by atoms with Crippen molar-refractivity contribution in [3.05, 3.63) is 16.1 Å². The van der Waals surface area contributed by atoms with Gasteiger partial charge in [-0.05, 0) is 32.4 Å². The summed E-state index contributed by atoms with van der Waals surface area (Å²) < 4.78 is 5.62. The average molecular weight is 226 g/mol. The second-order valence-electron chi connectivity index (χ2n) is 4.04. The molecule has 0 spiro atoms. The first-order chi connectivity index (χ1) is 7.36. The SMILES string of the molecule is Cc1ncsc1CCOCCC1CNC1. The van der Waals surface area contributed by atoms with Gasteiger partial charge in [0.05, 0.1) is 17.8 Å². The normalized spacial score (nSPS) is 16.6. The average Bonchev–Trinajstić information content (AvgIpc) is 2.55. The molecule has 1 saturated heterocycles. The molecule has 0 aliphatic carbocycles. The molecule has 0 unspecified atom stereocenters. The van der Waals surface area contributed by atoms with E-state index in [4.69, 9.17) is 4.74 Å². The van der Waals surface area contributed by atoms with Gasteiger partial charge >= 0.3 is 0 Å². The molecule has 0 radical (unpaired) electrons. The van der Waals surface area contributed by atoms with Crippen LogP contribution in [0.4, 0.5) is 0 Å². The van der Waals surface area contributed by atoms with E-state index < -0.39 is 0 Å². The van der Waals surface area contributed by atoms with Crippen molar-refractivity contribution in [1.82, 2.24) is 10.3 Å². The molecule has 1 aliphatic heterocycles. The quantitative estimate of drug-likeness (QED) is 0.748. The minimum Gasteiger partial charge on any atom is -0.381 e. The lowest BCUT2D eigenvalue weighted by molar-refractivity contribution is 0.114. The van der Waals surface area contributed by atoms with Gasteiger partial charge in [-0.3, -0.25) is 0 Å². The first-order valence-electron chi connectivity index (χ1n) is 5.53. The highest BCUT2D eigenvalue weighted by Crippen LogP contribution is 2.13. The number of aryl methyl sites for hydroxylation is 1. The Balaban J connectivity index is 1.53. The second kappa shape index (κ2) is 5.58. The van der Waals surface area contributed by atoms with Crippen molar-refractivity contribution in [1.29, 1.82) is 0 Å². The molecule has 2 heterocycles. The first kappa shape index (κ1) is 11.0. The van der Waals surface area contributed by atoms with Crippen LogP contribution in [0.3, 0.4) is 0 Å². The van der Waals surface area contributed by atoms with Crippen molar-refractivity contribution in [2.45, 2.75) is 19.8 Å². The molecule has 1 N–H and O–H groups in total. The third-order valence-corrected chi connectivity index (χ3v) is 3.85. The molecule has 0 atom stereocenters. The third kappa shape index (κ3) is 3.26. The number of hydrogen-bond donors (Lipinski definition) is 1. The fourth-order valence-corrected chi connectivity index (χ4v) is 2.40. The molecular formula is C11H18N2OS.